The molecule has 1 heterocycles. The number of nitrogens with one attached hydrogen (secondary N) is 1. The fourth-order valence-electron chi connectivity index (χ4n) is 1.65. The van der Waals surface area contributed by atoms with E-state index in [0.717, 1.165) is 37.6 Å². The topological polar surface area (TPSA) is 30.5 Å². The van der Waals surface area contributed by atoms with Gasteiger partial charge in [-0.15, -0.1) is 0 Å². The van der Waals surface area contributed by atoms with Crippen LogP contribution in [0.5, 0.6) is 11.5 Å². The molecular formula is C12H17NO2. The van der Waals surface area contributed by atoms with E-state index in [1.54, 1.807) is 0 Å². The average Bonchev–Trinajstić information content (AvgIpc) is 2.47. The molecule has 0 fully saturated rings. The van der Waals surface area contributed by atoms with E-state index in [4.69, 9.17) is 9.47 Å². The Hall–Kier alpha value is -1.22. The fourth-order valence-corrected chi connectivity index (χ4v) is 1.65. The maximum absolute atomic E-state index is 5.87. The third kappa shape index (κ3) is 2.63. The SMILES string of the molecule is CCNCC1CCOc2ccccc2O1. The van der Waals surface area contributed by atoms with E-state index in [0.29, 0.717) is 0 Å². The van der Waals surface area contributed by atoms with Gasteiger partial charge in [-0.05, 0) is 18.7 Å². The highest BCUT2D eigenvalue weighted by Gasteiger charge is 2.17. The Balaban J connectivity index is 2.04. The van der Waals surface area contributed by atoms with Crippen LogP contribution in [0.2, 0.25) is 0 Å². The lowest BCUT2D eigenvalue weighted by molar-refractivity contribution is 0.188. The van der Waals surface area contributed by atoms with Crippen LogP contribution in [0.1, 0.15) is 13.3 Å². The van der Waals surface area contributed by atoms with Gasteiger partial charge in [0.15, 0.2) is 11.5 Å². The summed E-state index contributed by atoms with van der Waals surface area (Å²) in [6, 6.07) is 7.84. The van der Waals surface area contributed by atoms with E-state index in [2.05, 4.69) is 12.2 Å². The van der Waals surface area contributed by atoms with E-state index >= 15 is 0 Å². The number of likely N-dealkylation sites (N-methyl/N-ethyl adjacent to an activating group) is 1. The Kier molecular flexibility index (Phi) is 3.45. The molecule has 0 amide bonds. The van der Waals surface area contributed by atoms with Gasteiger partial charge in [-0.1, -0.05) is 19.1 Å². The lowest BCUT2D eigenvalue weighted by atomic mass is 10.2. The minimum atomic E-state index is 0.216. The quantitative estimate of drug-likeness (QED) is 0.820. The van der Waals surface area contributed by atoms with E-state index in [9.17, 15) is 0 Å². The molecule has 3 nitrogen and oxygen atoms in total. The maximum atomic E-state index is 5.87. The Morgan fingerprint density at radius 3 is 2.93 bits per heavy atom. The van der Waals surface area contributed by atoms with Crippen molar-refractivity contribution < 1.29 is 9.47 Å². The average molecular weight is 207 g/mol. The Morgan fingerprint density at radius 2 is 2.13 bits per heavy atom. The summed E-state index contributed by atoms with van der Waals surface area (Å²) < 4.78 is 11.5. The van der Waals surface area contributed by atoms with Crippen molar-refractivity contribution in [2.45, 2.75) is 19.4 Å². The zero-order valence-electron chi connectivity index (χ0n) is 9.03. The highest BCUT2D eigenvalue weighted by molar-refractivity contribution is 5.40. The Morgan fingerprint density at radius 1 is 1.33 bits per heavy atom. The summed E-state index contributed by atoms with van der Waals surface area (Å²) in [4.78, 5) is 0. The van der Waals surface area contributed by atoms with Crippen LogP contribution in [0.4, 0.5) is 0 Å². The van der Waals surface area contributed by atoms with Gasteiger partial charge in [0.05, 0.1) is 6.61 Å². The predicted molar refractivity (Wildman–Crippen MR) is 59.5 cm³/mol. The van der Waals surface area contributed by atoms with Crippen LogP contribution >= 0.6 is 0 Å². The molecule has 1 atom stereocenters. The van der Waals surface area contributed by atoms with Crippen LogP contribution in [0.3, 0.4) is 0 Å². The Labute approximate surface area is 90.4 Å². The molecule has 0 saturated heterocycles. The molecule has 82 valence electrons. The highest BCUT2D eigenvalue weighted by Crippen LogP contribution is 2.30. The van der Waals surface area contributed by atoms with Gasteiger partial charge in [-0.2, -0.15) is 0 Å². The van der Waals surface area contributed by atoms with Crippen molar-refractivity contribution >= 4 is 0 Å². The van der Waals surface area contributed by atoms with Gasteiger partial charge >= 0.3 is 0 Å². The summed E-state index contributed by atoms with van der Waals surface area (Å²) in [7, 11) is 0. The molecule has 0 saturated carbocycles. The van der Waals surface area contributed by atoms with E-state index in [-0.39, 0.29) is 6.10 Å². The summed E-state index contributed by atoms with van der Waals surface area (Å²) >= 11 is 0. The lowest BCUT2D eigenvalue weighted by Crippen LogP contribution is -2.31. The number of hydrogen-bond donors (Lipinski definition) is 1. The molecule has 15 heavy (non-hydrogen) atoms. The minimum absolute atomic E-state index is 0.216. The molecule has 3 heteroatoms. The van der Waals surface area contributed by atoms with Crippen LogP contribution in [-0.4, -0.2) is 25.8 Å². The third-order valence-corrected chi connectivity index (χ3v) is 2.46. The maximum Gasteiger partial charge on any atom is 0.161 e. The first-order valence-corrected chi connectivity index (χ1v) is 5.49. The normalized spacial score (nSPS) is 19.7. The molecule has 1 aliphatic heterocycles. The zero-order valence-corrected chi connectivity index (χ0v) is 9.03. The van der Waals surface area contributed by atoms with Crippen molar-refractivity contribution in [3.8, 4) is 11.5 Å². The first-order chi connectivity index (χ1) is 7.40. The number of benzene rings is 1. The smallest absolute Gasteiger partial charge is 0.161 e. The van der Waals surface area contributed by atoms with Crippen molar-refractivity contribution in [3.63, 3.8) is 0 Å². The van der Waals surface area contributed by atoms with Crippen LogP contribution < -0.4 is 14.8 Å². The van der Waals surface area contributed by atoms with Gasteiger partial charge in [0.25, 0.3) is 0 Å². The molecule has 1 aliphatic rings. The Bertz CT molecular complexity index is 312. The highest BCUT2D eigenvalue weighted by atomic mass is 16.5. The van der Waals surface area contributed by atoms with Crippen LogP contribution in [-0.2, 0) is 0 Å². The van der Waals surface area contributed by atoms with Crippen molar-refractivity contribution in [2.24, 2.45) is 0 Å². The van der Waals surface area contributed by atoms with Crippen molar-refractivity contribution in [2.75, 3.05) is 19.7 Å². The van der Waals surface area contributed by atoms with Crippen LogP contribution in [0.25, 0.3) is 0 Å². The molecule has 0 aliphatic carbocycles. The second-order valence-electron chi connectivity index (χ2n) is 3.63. The number of hydrogen-bond acceptors (Lipinski definition) is 3. The van der Waals surface area contributed by atoms with Crippen LogP contribution in [0, 0.1) is 0 Å². The fraction of sp³-hybridized carbons (Fsp3) is 0.500. The molecule has 0 aromatic heterocycles. The largest absolute Gasteiger partial charge is 0.490 e. The monoisotopic (exact) mass is 207 g/mol. The molecule has 0 spiro atoms. The van der Waals surface area contributed by atoms with Crippen molar-refractivity contribution in [3.05, 3.63) is 24.3 Å². The molecular weight excluding hydrogens is 190 g/mol. The number of rotatable bonds is 3. The van der Waals surface area contributed by atoms with Gasteiger partial charge in [-0.3, -0.25) is 0 Å². The zero-order chi connectivity index (χ0) is 10.5. The lowest BCUT2D eigenvalue weighted by Gasteiger charge is -2.15. The van der Waals surface area contributed by atoms with Crippen molar-refractivity contribution in [1.29, 1.82) is 0 Å². The first-order valence-electron chi connectivity index (χ1n) is 5.49. The molecule has 0 radical (unpaired) electrons. The van der Waals surface area contributed by atoms with Crippen LogP contribution in [0.15, 0.2) is 24.3 Å². The summed E-state index contributed by atoms with van der Waals surface area (Å²) in [6.07, 6.45) is 1.15. The summed E-state index contributed by atoms with van der Waals surface area (Å²) in [5, 5.41) is 3.30. The first kappa shape index (κ1) is 10.3. The van der Waals surface area contributed by atoms with E-state index in [1.807, 2.05) is 24.3 Å². The second kappa shape index (κ2) is 5.03. The van der Waals surface area contributed by atoms with Crippen molar-refractivity contribution in [1.82, 2.24) is 5.32 Å². The molecule has 1 unspecified atom stereocenters. The molecule has 1 aromatic carbocycles. The molecule has 1 N–H and O–H groups in total. The van der Waals surface area contributed by atoms with Gasteiger partial charge in [0, 0.05) is 13.0 Å². The molecule has 2 rings (SSSR count). The van der Waals surface area contributed by atoms with Gasteiger partial charge in [0.2, 0.25) is 0 Å². The minimum Gasteiger partial charge on any atom is -0.490 e. The van der Waals surface area contributed by atoms with Gasteiger partial charge < -0.3 is 14.8 Å². The van der Waals surface area contributed by atoms with Gasteiger partial charge in [-0.25, -0.2) is 0 Å². The van der Waals surface area contributed by atoms with Gasteiger partial charge in [0.1, 0.15) is 6.10 Å². The standard InChI is InChI=1S/C12H17NO2/c1-2-13-9-10-7-8-14-11-5-3-4-6-12(11)15-10/h3-6,10,13H,2,7-9H2,1H3. The number of ether oxygens (including phenoxy) is 2. The third-order valence-electron chi connectivity index (χ3n) is 2.46. The molecule has 1 aromatic rings. The summed E-state index contributed by atoms with van der Waals surface area (Å²) in [5.41, 5.74) is 0. The number of fused-ring (bicyclic) bond motifs is 1. The molecule has 0 bridgehead atoms. The summed E-state index contributed by atoms with van der Waals surface area (Å²) in [6.45, 7) is 4.69. The predicted octanol–water partition coefficient (Wildman–Crippen LogP) is 1.83. The second-order valence-corrected chi connectivity index (χ2v) is 3.63. The van der Waals surface area contributed by atoms with E-state index in [1.165, 1.54) is 0 Å². The van der Waals surface area contributed by atoms with E-state index < -0.39 is 0 Å². The summed E-state index contributed by atoms with van der Waals surface area (Å²) in [5.74, 6) is 1.72. The number of para-hydroxylation sites is 2.